The molecule has 0 saturated carbocycles. The standard InChI is InChI=1S/C19H15ClF3N3O/c1-12-3-2-8-26-11-14(25-18(12)26)10-24-17(27)7-5-13-4-6-16(20)15(9-13)19(21,22)23/h2-9,11H,10H2,1H3,(H,24,27). The molecular formula is C19H15ClF3N3O. The molecule has 0 aliphatic carbocycles. The minimum Gasteiger partial charge on any atom is -0.347 e. The van der Waals surface area contributed by atoms with Crippen molar-refractivity contribution in [2.45, 2.75) is 19.6 Å². The number of nitrogens with zero attached hydrogens (tertiary/aromatic N) is 2. The predicted octanol–water partition coefficient (Wildman–Crippen LogP) is 4.64. The first kappa shape index (κ1) is 19.0. The number of carbonyl (C=O) groups is 1. The molecule has 2 aromatic heterocycles. The van der Waals surface area contributed by atoms with E-state index in [1.165, 1.54) is 18.2 Å². The van der Waals surface area contributed by atoms with Crippen molar-refractivity contribution >= 4 is 29.2 Å². The number of aromatic nitrogens is 2. The Labute approximate surface area is 158 Å². The van der Waals surface area contributed by atoms with Gasteiger partial charge in [0.1, 0.15) is 5.65 Å². The van der Waals surface area contributed by atoms with Gasteiger partial charge < -0.3 is 9.72 Å². The van der Waals surface area contributed by atoms with Gasteiger partial charge in [-0.1, -0.05) is 23.7 Å². The van der Waals surface area contributed by atoms with Gasteiger partial charge >= 0.3 is 6.18 Å². The molecule has 0 bridgehead atoms. The van der Waals surface area contributed by atoms with Crippen LogP contribution in [0.15, 0.2) is 48.8 Å². The van der Waals surface area contributed by atoms with Gasteiger partial charge in [-0.3, -0.25) is 4.79 Å². The van der Waals surface area contributed by atoms with Gasteiger partial charge in [0.15, 0.2) is 0 Å². The minimum atomic E-state index is -4.55. The second-order valence-corrected chi connectivity index (χ2v) is 6.35. The van der Waals surface area contributed by atoms with E-state index in [1.54, 1.807) is 6.20 Å². The summed E-state index contributed by atoms with van der Waals surface area (Å²) in [6.07, 6.45) is 1.59. The molecule has 0 atom stereocenters. The SMILES string of the molecule is Cc1cccn2cc(CNC(=O)C=Cc3ccc(Cl)c(C(F)(F)F)c3)nc12. The van der Waals surface area contributed by atoms with Crippen LogP contribution in [0.3, 0.4) is 0 Å². The molecule has 8 heteroatoms. The quantitative estimate of drug-likeness (QED) is 0.656. The van der Waals surface area contributed by atoms with Crippen molar-refractivity contribution < 1.29 is 18.0 Å². The van der Waals surface area contributed by atoms with E-state index in [0.29, 0.717) is 5.69 Å². The van der Waals surface area contributed by atoms with Crippen LogP contribution >= 0.6 is 11.6 Å². The molecule has 140 valence electrons. The van der Waals surface area contributed by atoms with Crippen LogP contribution in [0.2, 0.25) is 5.02 Å². The van der Waals surface area contributed by atoms with Gasteiger partial charge in [-0.05, 0) is 42.3 Å². The molecule has 1 N–H and O–H groups in total. The number of aryl methyl sites for hydroxylation is 1. The molecule has 3 rings (SSSR count). The van der Waals surface area contributed by atoms with Crippen LogP contribution in [0.1, 0.15) is 22.4 Å². The Hall–Kier alpha value is -2.80. The summed E-state index contributed by atoms with van der Waals surface area (Å²) < 4.78 is 40.4. The van der Waals surface area contributed by atoms with Gasteiger partial charge in [-0.15, -0.1) is 0 Å². The number of rotatable bonds is 4. The fourth-order valence-electron chi connectivity index (χ4n) is 2.56. The van der Waals surface area contributed by atoms with E-state index >= 15 is 0 Å². The van der Waals surface area contributed by atoms with Gasteiger partial charge in [0.2, 0.25) is 5.91 Å². The number of pyridine rings is 1. The van der Waals surface area contributed by atoms with Crippen LogP contribution in [0.5, 0.6) is 0 Å². The number of hydrogen-bond donors (Lipinski definition) is 1. The van der Waals surface area contributed by atoms with Gasteiger partial charge in [0, 0.05) is 18.5 Å². The van der Waals surface area contributed by atoms with Crippen LogP contribution in [0.4, 0.5) is 13.2 Å². The van der Waals surface area contributed by atoms with Crippen LogP contribution in [-0.4, -0.2) is 15.3 Å². The molecule has 0 fully saturated rings. The Morgan fingerprint density at radius 3 is 2.81 bits per heavy atom. The van der Waals surface area contributed by atoms with Crippen LogP contribution in [-0.2, 0) is 17.5 Å². The lowest BCUT2D eigenvalue weighted by Crippen LogP contribution is -2.20. The van der Waals surface area contributed by atoms with Crippen molar-refractivity contribution in [3.05, 3.63) is 76.2 Å². The van der Waals surface area contributed by atoms with Gasteiger partial charge in [-0.25, -0.2) is 4.98 Å². The number of carbonyl (C=O) groups excluding carboxylic acids is 1. The maximum atomic E-state index is 12.9. The third kappa shape index (κ3) is 4.49. The first-order chi connectivity index (χ1) is 12.7. The Bertz CT molecular complexity index is 1020. The zero-order chi connectivity index (χ0) is 19.6. The first-order valence-corrected chi connectivity index (χ1v) is 8.38. The maximum Gasteiger partial charge on any atom is 0.417 e. The van der Waals surface area contributed by atoms with E-state index in [0.717, 1.165) is 23.3 Å². The zero-order valence-electron chi connectivity index (χ0n) is 14.2. The van der Waals surface area contributed by atoms with Gasteiger partial charge in [0.05, 0.1) is 22.8 Å². The number of halogens is 4. The van der Waals surface area contributed by atoms with E-state index in [4.69, 9.17) is 11.6 Å². The summed E-state index contributed by atoms with van der Waals surface area (Å²) in [6.45, 7) is 2.15. The second kappa shape index (κ2) is 7.44. The summed E-state index contributed by atoms with van der Waals surface area (Å²) in [7, 11) is 0. The number of fused-ring (bicyclic) bond motifs is 1. The highest BCUT2D eigenvalue weighted by Gasteiger charge is 2.33. The van der Waals surface area contributed by atoms with Crippen molar-refractivity contribution in [2.75, 3.05) is 0 Å². The lowest BCUT2D eigenvalue weighted by atomic mass is 10.1. The maximum absolute atomic E-state index is 12.9. The summed E-state index contributed by atoms with van der Waals surface area (Å²) in [5, 5.41) is 2.27. The molecule has 1 amide bonds. The molecule has 0 spiro atoms. The number of benzene rings is 1. The van der Waals surface area contributed by atoms with Gasteiger partial charge in [0.25, 0.3) is 0 Å². The Balaban J connectivity index is 1.66. The fourth-order valence-corrected chi connectivity index (χ4v) is 2.79. The molecular weight excluding hydrogens is 379 g/mol. The first-order valence-electron chi connectivity index (χ1n) is 8.00. The highest BCUT2D eigenvalue weighted by molar-refractivity contribution is 6.31. The molecule has 4 nitrogen and oxygen atoms in total. The number of nitrogens with one attached hydrogen (secondary N) is 1. The van der Waals surface area contributed by atoms with E-state index in [9.17, 15) is 18.0 Å². The number of amides is 1. The van der Waals surface area contributed by atoms with Crippen molar-refractivity contribution in [1.82, 2.24) is 14.7 Å². The Morgan fingerprint density at radius 2 is 2.11 bits per heavy atom. The van der Waals surface area contributed by atoms with Crippen molar-refractivity contribution in [2.24, 2.45) is 0 Å². The van der Waals surface area contributed by atoms with Crippen LogP contribution < -0.4 is 5.32 Å². The normalized spacial score (nSPS) is 12.0. The third-order valence-corrected chi connectivity index (χ3v) is 4.22. The molecule has 0 saturated heterocycles. The summed E-state index contributed by atoms with van der Waals surface area (Å²) in [5.41, 5.74) is 1.78. The number of alkyl halides is 3. The molecule has 0 aliphatic heterocycles. The highest BCUT2D eigenvalue weighted by atomic mass is 35.5. The average molecular weight is 394 g/mol. The Kier molecular flexibility index (Phi) is 5.23. The highest BCUT2D eigenvalue weighted by Crippen LogP contribution is 2.35. The van der Waals surface area contributed by atoms with E-state index in [2.05, 4.69) is 10.3 Å². The van der Waals surface area contributed by atoms with E-state index in [-0.39, 0.29) is 17.1 Å². The molecule has 27 heavy (non-hydrogen) atoms. The molecule has 2 heterocycles. The lowest BCUT2D eigenvalue weighted by molar-refractivity contribution is -0.137. The Morgan fingerprint density at radius 1 is 1.33 bits per heavy atom. The van der Waals surface area contributed by atoms with Crippen LogP contribution in [0.25, 0.3) is 11.7 Å². The summed E-state index contributed by atoms with van der Waals surface area (Å²) in [6, 6.07) is 7.30. The number of hydrogen-bond acceptors (Lipinski definition) is 2. The summed E-state index contributed by atoms with van der Waals surface area (Å²) >= 11 is 5.57. The van der Waals surface area contributed by atoms with Crippen molar-refractivity contribution in [1.29, 1.82) is 0 Å². The van der Waals surface area contributed by atoms with Crippen LogP contribution in [0, 0.1) is 6.92 Å². The van der Waals surface area contributed by atoms with E-state index in [1.807, 2.05) is 29.7 Å². The summed E-state index contributed by atoms with van der Waals surface area (Å²) in [4.78, 5) is 16.4. The minimum absolute atomic E-state index is 0.207. The molecule has 1 aromatic carbocycles. The molecule has 0 aliphatic rings. The van der Waals surface area contributed by atoms with Crippen molar-refractivity contribution in [3.8, 4) is 0 Å². The van der Waals surface area contributed by atoms with E-state index < -0.39 is 17.6 Å². The summed E-state index contributed by atoms with van der Waals surface area (Å²) in [5.74, 6) is -0.438. The molecule has 0 unspecified atom stereocenters. The van der Waals surface area contributed by atoms with Crippen molar-refractivity contribution in [3.63, 3.8) is 0 Å². The number of imidazole rings is 1. The second-order valence-electron chi connectivity index (χ2n) is 5.94. The smallest absolute Gasteiger partial charge is 0.347 e. The lowest BCUT2D eigenvalue weighted by Gasteiger charge is -2.09. The topological polar surface area (TPSA) is 46.4 Å². The van der Waals surface area contributed by atoms with Gasteiger partial charge in [-0.2, -0.15) is 13.2 Å². The zero-order valence-corrected chi connectivity index (χ0v) is 15.0. The largest absolute Gasteiger partial charge is 0.417 e. The average Bonchev–Trinajstić information content (AvgIpc) is 3.03. The monoisotopic (exact) mass is 393 g/mol. The molecule has 3 aromatic rings. The molecule has 0 radical (unpaired) electrons. The predicted molar refractivity (Wildman–Crippen MR) is 97.3 cm³/mol. The fraction of sp³-hybridized carbons (Fsp3) is 0.158. The third-order valence-electron chi connectivity index (χ3n) is 3.89.